The number of hydrogen-bond acceptors (Lipinski definition) is 3. The van der Waals surface area contributed by atoms with Crippen molar-refractivity contribution in [3.8, 4) is 11.3 Å². The number of aromatic nitrogens is 1. The maximum atomic E-state index is 10.0. The van der Waals surface area contributed by atoms with Gasteiger partial charge in [0.2, 0.25) is 0 Å². The van der Waals surface area contributed by atoms with Crippen LogP contribution in [0.1, 0.15) is 62.3 Å². The van der Waals surface area contributed by atoms with Gasteiger partial charge in [0.1, 0.15) is 0 Å². The zero-order valence-corrected chi connectivity index (χ0v) is 23.4. The summed E-state index contributed by atoms with van der Waals surface area (Å²) in [7, 11) is 0. The van der Waals surface area contributed by atoms with Crippen LogP contribution in [0, 0.1) is 13.0 Å². The second-order valence-electron chi connectivity index (χ2n) is 9.54. The first kappa shape index (κ1) is 26.8. The Bertz CT molecular complexity index is 1410. The fourth-order valence-corrected chi connectivity index (χ4v) is 4.91. The summed E-state index contributed by atoms with van der Waals surface area (Å²) in [4.78, 5) is 14.8. The normalized spacial score (nSPS) is 12.8. The molecule has 3 nitrogen and oxygen atoms in total. The van der Waals surface area contributed by atoms with E-state index < -0.39 is 0 Å². The molecule has 0 atom stereocenters. The molecule has 1 N–H and O–H groups in total. The van der Waals surface area contributed by atoms with Crippen LogP contribution < -0.4 is 0 Å². The Balaban J connectivity index is 0.000000378. The van der Waals surface area contributed by atoms with Gasteiger partial charge in [-0.25, -0.2) is 0 Å². The number of aryl methyl sites for hydroxylation is 2. The van der Waals surface area contributed by atoms with Crippen LogP contribution in [-0.4, -0.2) is 15.9 Å². The van der Waals surface area contributed by atoms with Crippen molar-refractivity contribution in [2.24, 2.45) is 0 Å². The van der Waals surface area contributed by atoms with E-state index in [9.17, 15) is 4.79 Å². The zero-order chi connectivity index (χ0) is 24.4. The van der Waals surface area contributed by atoms with E-state index in [1.807, 2.05) is 6.20 Å². The Labute approximate surface area is 221 Å². The van der Waals surface area contributed by atoms with Gasteiger partial charge in [-0.05, 0) is 66.4 Å². The van der Waals surface area contributed by atoms with Crippen LogP contribution in [0.4, 0.5) is 0 Å². The maximum absolute atomic E-state index is 10.0. The number of carbonyl (C=O) groups excluding carboxylic acids is 1. The molecule has 1 aliphatic carbocycles. The van der Waals surface area contributed by atoms with E-state index in [1.54, 1.807) is 0 Å². The van der Waals surface area contributed by atoms with Gasteiger partial charge in [0.05, 0.1) is 5.76 Å². The van der Waals surface area contributed by atoms with E-state index in [0.717, 1.165) is 17.7 Å². The molecule has 1 radical (unpaired) electrons. The van der Waals surface area contributed by atoms with Crippen molar-refractivity contribution in [1.82, 2.24) is 4.98 Å². The molecule has 183 valence electrons. The third-order valence-corrected chi connectivity index (χ3v) is 6.36. The molecule has 0 unspecified atom stereocenters. The van der Waals surface area contributed by atoms with Crippen LogP contribution in [0.3, 0.4) is 0 Å². The summed E-state index contributed by atoms with van der Waals surface area (Å²) < 4.78 is 0. The van der Waals surface area contributed by atoms with Crippen molar-refractivity contribution < 1.29 is 30.0 Å². The monoisotopic (exact) mass is 643 g/mol. The molecular formula is C31H32IrNO2-. The predicted octanol–water partition coefficient (Wildman–Crippen LogP) is 7.81. The predicted molar refractivity (Wildman–Crippen MR) is 141 cm³/mol. The first-order valence-electron chi connectivity index (χ1n) is 12.0. The van der Waals surface area contributed by atoms with Gasteiger partial charge in [-0.15, -0.1) is 34.4 Å². The number of fused-ring (bicyclic) bond motifs is 4. The largest absolute Gasteiger partial charge is 0.512 e. The molecule has 0 fully saturated rings. The van der Waals surface area contributed by atoms with Crippen LogP contribution in [0.5, 0.6) is 0 Å². The number of aliphatic hydroxyl groups excluding tert-OH is 1. The maximum Gasteiger partial charge on any atom is 0.155 e. The van der Waals surface area contributed by atoms with Crippen molar-refractivity contribution in [2.45, 2.75) is 59.8 Å². The van der Waals surface area contributed by atoms with Crippen LogP contribution in [0.2, 0.25) is 0 Å². The van der Waals surface area contributed by atoms with Gasteiger partial charge >= 0.3 is 0 Å². The molecule has 3 aromatic carbocycles. The number of pyridine rings is 1. The molecule has 0 aliphatic heterocycles. The summed E-state index contributed by atoms with van der Waals surface area (Å²) >= 11 is 0. The smallest absolute Gasteiger partial charge is 0.155 e. The van der Waals surface area contributed by atoms with E-state index >= 15 is 0 Å². The summed E-state index contributed by atoms with van der Waals surface area (Å²) in [6.07, 6.45) is 6.72. The van der Waals surface area contributed by atoms with E-state index in [-0.39, 0.29) is 31.6 Å². The standard InChI is InChI=1S/C26H24N.C5H8O2.Ir/c1-16(2)25-15-20(14-18-5-4-6-21(18)25)26-24-10-8-19-13-17(3)7-9-22(19)23(24)11-12-27-26;1-4(6)3-5(2)7;/h7-13,15-16H,4-6H2,1-3H3;3,6H,1-2H3;/q-1;;/b;4-3-;. The molecule has 4 heteroatoms. The average Bonchev–Trinajstić information content (AvgIpc) is 3.25. The van der Waals surface area contributed by atoms with Crippen LogP contribution in [-0.2, 0) is 37.7 Å². The second kappa shape index (κ2) is 11.3. The molecule has 1 aromatic heterocycles. The minimum absolute atomic E-state index is 0. The van der Waals surface area contributed by atoms with Gasteiger partial charge in [-0.2, -0.15) is 0 Å². The first-order valence-corrected chi connectivity index (χ1v) is 12.0. The molecule has 4 aromatic rings. The molecule has 5 rings (SSSR count). The average molecular weight is 643 g/mol. The van der Waals surface area contributed by atoms with Gasteiger partial charge in [-0.3, -0.25) is 4.79 Å². The fraction of sp³-hybridized carbons (Fsp3) is 0.290. The van der Waals surface area contributed by atoms with Gasteiger partial charge in [0.25, 0.3) is 0 Å². The molecule has 1 aliphatic rings. The molecule has 0 saturated heterocycles. The van der Waals surface area contributed by atoms with Crippen molar-refractivity contribution in [3.05, 3.63) is 88.8 Å². The van der Waals surface area contributed by atoms with Crippen molar-refractivity contribution in [1.29, 1.82) is 0 Å². The van der Waals surface area contributed by atoms with E-state index in [0.29, 0.717) is 5.92 Å². The van der Waals surface area contributed by atoms with Gasteiger partial charge in [0, 0.05) is 32.4 Å². The number of benzene rings is 3. The Morgan fingerprint density at radius 2 is 1.77 bits per heavy atom. The molecule has 0 bridgehead atoms. The Hall–Kier alpha value is -2.81. The van der Waals surface area contributed by atoms with Crippen LogP contribution in [0.25, 0.3) is 32.8 Å². The van der Waals surface area contributed by atoms with Crippen LogP contribution >= 0.6 is 0 Å². The second-order valence-corrected chi connectivity index (χ2v) is 9.54. The molecule has 35 heavy (non-hydrogen) atoms. The van der Waals surface area contributed by atoms with Crippen molar-refractivity contribution in [2.75, 3.05) is 0 Å². The number of nitrogens with zero attached hydrogens (tertiary/aromatic N) is 1. The van der Waals surface area contributed by atoms with Gasteiger partial charge in [-0.1, -0.05) is 62.6 Å². The van der Waals surface area contributed by atoms with Gasteiger partial charge in [0.15, 0.2) is 5.78 Å². The number of hydrogen-bond donors (Lipinski definition) is 1. The van der Waals surface area contributed by atoms with E-state index in [1.165, 1.54) is 76.6 Å². The SMILES string of the molecule is CC(=O)/C=C(/C)O.Cc1ccc2c(ccc3c(-c4[c-]c5c(c(C(C)C)c4)CCC5)nccc32)c1.[Ir]. The summed E-state index contributed by atoms with van der Waals surface area (Å²) in [5.74, 6) is 0.469. The van der Waals surface area contributed by atoms with Crippen LogP contribution in [0.15, 0.2) is 60.5 Å². The summed E-state index contributed by atoms with van der Waals surface area (Å²) in [6.45, 7) is 9.59. The molecular weight excluding hydrogens is 611 g/mol. The summed E-state index contributed by atoms with van der Waals surface area (Å²) in [5.41, 5.74) is 7.93. The quantitative estimate of drug-likeness (QED) is 0.107. The minimum Gasteiger partial charge on any atom is -0.512 e. The van der Waals surface area contributed by atoms with E-state index in [2.05, 4.69) is 69.3 Å². The third-order valence-electron chi connectivity index (χ3n) is 6.36. The Morgan fingerprint density at radius 3 is 2.43 bits per heavy atom. The van der Waals surface area contributed by atoms with Crippen molar-refractivity contribution in [3.63, 3.8) is 0 Å². The van der Waals surface area contributed by atoms with Gasteiger partial charge < -0.3 is 10.1 Å². The Morgan fingerprint density at radius 1 is 1.03 bits per heavy atom. The third kappa shape index (κ3) is 5.89. The number of ketones is 1. The number of rotatable bonds is 3. The summed E-state index contributed by atoms with van der Waals surface area (Å²) in [5, 5.41) is 13.4. The topological polar surface area (TPSA) is 50.2 Å². The molecule has 0 saturated carbocycles. The number of aliphatic hydroxyl groups is 1. The first-order chi connectivity index (χ1) is 16.2. The van der Waals surface area contributed by atoms with Crippen molar-refractivity contribution >= 4 is 27.3 Å². The number of allylic oxidation sites excluding steroid dienone is 2. The molecule has 0 amide bonds. The zero-order valence-electron chi connectivity index (χ0n) is 21.0. The molecule has 1 heterocycles. The minimum atomic E-state index is -0.125. The fourth-order valence-electron chi connectivity index (χ4n) is 4.91. The number of carbonyl (C=O) groups is 1. The Kier molecular flexibility index (Phi) is 8.64. The summed E-state index contributed by atoms with van der Waals surface area (Å²) in [6, 6.07) is 19.4. The molecule has 0 spiro atoms. The van der Waals surface area contributed by atoms with E-state index in [4.69, 9.17) is 10.1 Å².